The van der Waals surface area contributed by atoms with Crippen LogP contribution in [-0.2, 0) is 11.0 Å². The van der Waals surface area contributed by atoms with Crippen LogP contribution in [0, 0.1) is 11.3 Å². The fourth-order valence-corrected chi connectivity index (χ4v) is 3.06. The first-order valence-electron chi connectivity index (χ1n) is 6.06. The molecule has 9 heteroatoms. The Morgan fingerprint density at radius 2 is 2.15 bits per heavy atom. The van der Waals surface area contributed by atoms with Crippen molar-refractivity contribution < 1.29 is 23.1 Å². The molecule has 1 atom stereocenters. The van der Waals surface area contributed by atoms with E-state index < -0.39 is 23.4 Å². The number of carboxylic acid groups (broad SMARTS) is 1. The van der Waals surface area contributed by atoms with E-state index in [2.05, 4.69) is 9.36 Å². The van der Waals surface area contributed by atoms with Gasteiger partial charge in [-0.2, -0.15) is 22.5 Å². The first kappa shape index (κ1) is 15.0. The Bertz CT molecular complexity index is 517. The van der Waals surface area contributed by atoms with E-state index in [4.69, 9.17) is 0 Å². The molecular weight excluding hydrogens is 295 g/mol. The van der Waals surface area contributed by atoms with Gasteiger partial charge in [0.1, 0.15) is 0 Å². The van der Waals surface area contributed by atoms with Crippen LogP contribution in [0.2, 0.25) is 0 Å². The number of aromatic nitrogens is 2. The van der Waals surface area contributed by atoms with Crippen molar-refractivity contribution in [2.24, 2.45) is 11.3 Å². The zero-order valence-electron chi connectivity index (χ0n) is 10.9. The second kappa shape index (κ2) is 4.87. The number of hydrogen-bond donors (Lipinski definition) is 1. The number of nitrogens with zero attached hydrogens (tertiary/aromatic N) is 3. The van der Waals surface area contributed by atoms with Crippen molar-refractivity contribution in [3.8, 4) is 0 Å². The summed E-state index contributed by atoms with van der Waals surface area (Å²) in [5.74, 6) is -2.20. The maximum atomic E-state index is 12.5. The topological polar surface area (TPSA) is 66.3 Å². The quantitative estimate of drug-likeness (QED) is 0.929. The Hall–Kier alpha value is -1.38. The van der Waals surface area contributed by atoms with Crippen LogP contribution >= 0.6 is 11.5 Å². The summed E-state index contributed by atoms with van der Waals surface area (Å²) >= 11 is 0.650. The molecule has 0 saturated carbocycles. The summed E-state index contributed by atoms with van der Waals surface area (Å²) in [6.45, 7) is 4.14. The molecule has 0 amide bonds. The van der Waals surface area contributed by atoms with Crippen LogP contribution in [0.3, 0.4) is 0 Å². The van der Waals surface area contributed by atoms with Gasteiger partial charge in [-0.1, -0.05) is 13.8 Å². The monoisotopic (exact) mass is 309 g/mol. The van der Waals surface area contributed by atoms with Crippen LogP contribution in [0.5, 0.6) is 0 Å². The molecule has 1 unspecified atom stereocenters. The summed E-state index contributed by atoms with van der Waals surface area (Å²) in [5.41, 5.74) is -0.940. The fourth-order valence-electron chi connectivity index (χ4n) is 2.35. The first-order chi connectivity index (χ1) is 9.17. The highest BCUT2D eigenvalue weighted by atomic mass is 32.1. The van der Waals surface area contributed by atoms with Gasteiger partial charge in [0.15, 0.2) is 0 Å². The Balaban J connectivity index is 2.21. The van der Waals surface area contributed by atoms with E-state index in [1.165, 1.54) is 0 Å². The number of aliphatic carboxylic acids is 1. The van der Waals surface area contributed by atoms with Gasteiger partial charge in [0, 0.05) is 24.6 Å². The van der Waals surface area contributed by atoms with Crippen molar-refractivity contribution in [1.29, 1.82) is 0 Å². The average molecular weight is 309 g/mol. The van der Waals surface area contributed by atoms with E-state index in [1.807, 2.05) is 0 Å². The number of halogens is 3. The molecule has 2 heterocycles. The molecule has 0 aliphatic carbocycles. The van der Waals surface area contributed by atoms with E-state index in [1.54, 1.807) is 18.7 Å². The zero-order valence-corrected chi connectivity index (χ0v) is 11.8. The van der Waals surface area contributed by atoms with Gasteiger partial charge < -0.3 is 10.0 Å². The minimum atomic E-state index is -4.57. The van der Waals surface area contributed by atoms with Crippen LogP contribution < -0.4 is 4.90 Å². The molecule has 1 aromatic rings. The molecule has 0 radical (unpaired) electrons. The summed E-state index contributed by atoms with van der Waals surface area (Å²) in [6, 6.07) is 0. The van der Waals surface area contributed by atoms with Crippen LogP contribution in [0.4, 0.5) is 18.3 Å². The molecule has 20 heavy (non-hydrogen) atoms. The molecule has 0 spiro atoms. The van der Waals surface area contributed by atoms with Crippen molar-refractivity contribution in [2.45, 2.75) is 26.4 Å². The molecule has 0 aromatic carbocycles. The second-order valence-electron chi connectivity index (χ2n) is 5.19. The Labute approximate surface area is 117 Å². The molecular formula is C11H14F3N3O2S. The fraction of sp³-hybridized carbons (Fsp3) is 0.727. The average Bonchev–Trinajstić information content (AvgIpc) is 2.95. The predicted molar refractivity (Wildman–Crippen MR) is 66.6 cm³/mol. The third kappa shape index (κ3) is 2.46. The lowest BCUT2D eigenvalue weighted by Gasteiger charge is -2.28. The normalized spacial score (nSPS) is 23.6. The van der Waals surface area contributed by atoms with E-state index in [0.29, 0.717) is 24.5 Å². The van der Waals surface area contributed by atoms with Gasteiger partial charge in [-0.3, -0.25) is 4.79 Å². The lowest BCUT2D eigenvalue weighted by molar-refractivity contribution is -0.150. The van der Waals surface area contributed by atoms with E-state index in [-0.39, 0.29) is 17.6 Å². The van der Waals surface area contributed by atoms with Gasteiger partial charge in [0.25, 0.3) is 0 Å². The Morgan fingerprint density at radius 1 is 1.50 bits per heavy atom. The van der Waals surface area contributed by atoms with Crippen LogP contribution in [0.15, 0.2) is 0 Å². The van der Waals surface area contributed by atoms with Gasteiger partial charge in [-0.25, -0.2) is 0 Å². The molecule has 1 saturated heterocycles. The maximum absolute atomic E-state index is 12.5. The summed E-state index contributed by atoms with van der Waals surface area (Å²) in [4.78, 5) is 16.5. The molecule has 1 N–H and O–H groups in total. The third-order valence-corrected chi connectivity index (χ3v) is 4.55. The molecule has 1 aliphatic heterocycles. The maximum Gasteiger partial charge on any atom is 0.452 e. The highest BCUT2D eigenvalue weighted by molar-refractivity contribution is 7.09. The smallest absolute Gasteiger partial charge is 0.452 e. The summed E-state index contributed by atoms with van der Waals surface area (Å²) in [5, 5.41) is 9.52. The second-order valence-corrected chi connectivity index (χ2v) is 5.92. The number of rotatable bonds is 3. The van der Waals surface area contributed by atoms with Gasteiger partial charge in [0.2, 0.25) is 11.0 Å². The number of anilines is 1. The van der Waals surface area contributed by atoms with E-state index in [0.717, 1.165) is 0 Å². The van der Waals surface area contributed by atoms with Gasteiger partial charge >= 0.3 is 12.1 Å². The predicted octanol–water partition coefficient (Wildman–Crippen LogP) is 2.49. The summed E-state index contributed by atoms with van der Waals surface area (Å²) in [7, 11) is 0. The zero-order chi connectivity index (χ0) is 15.1. The number of hydrogen-bond acceptors (Lipinski definition) is 5. The molecule has 112 valence electrons. The van der Waals surface area contributed by atoms with Crippen molar-refractivity contribution in [3.05, 3.63) is 5.82 Å². The van der Waals surface area contributed by atoms with Gasteiger partial charge in [0.05, 0.1) is 5.41 Å². The van der Waals surface area contributed by atoms with Gasteiger partial charge in [-0.15, -0.1) is 0 Å². The van der Waals surface area contributed by atoms with Crippen LogP contribution in [0.25, 0.3) is 0 Å². The molecule has 1 fully saturated rings. The lowest BCUT2D eigenvalue weighted by atomic mass is 9.76. The lowest BCUT2D eigenvalue weighted by Crippen LogP contribution is -2.39. The van der Waals surface area contributed by atoms with Crippen LogP contribution in [-0.4, -0.2) is 33.5 Å². The molecule has 5 nitrogen and oxygen atoms in total. The number of carboxylic acids is 1. The Morgan fingerprint density at radius 3 is 2.55 bits per heavy atom. The highest BCUT2D eigenvalue weighted by Gasteiger charge is 2.48. The number of alkyl halides is 3. The minimum Gasteiger partial charge on any atom is -0.481 e. The molecule has 1 aromatic heterocycles. The number of carbonyl (C=O) groups is 1. The largest absolute Gasteiger partial charge is 0.481 e. The van der Waals surface area contributed by atoms with Crippen molar-refractivity contribution >= 4 is 22.6 Å². The SMILES string of the molecule is CC(C)C1(C(=O)O)CCN(c2nc(C(F)(F)F)ns2)C1. The van der Waals surface area contributed by atoms with Crippen molar-refractivity contribution in [2.75, 3.05) is 18.0 Å². The Kier molecular flexibility index (Phi) is 3.66. The first-order valence-corrected chi connectivity index (χ1v) is 6.83. The van der Waals surface area contributed by atoms with Crippen LogP contribution in [0.1, 0.15) is 26.1 Å². The molecule has 1 aliphatic rings. The van der Waals surface area contributed by atoms with E-state index >= 15 is 0 Å². The summed E-state index contributed by atoms with van der Waals surface area (Å²) < 4.78 is 40.7. The van der Waals surface area contributed by atoms with E-state index in [9.17, 15) is 23.1 Å². The van der Waals surface area contributed by atoms with Crippen molar-refractivity contribution in [1.82, 2.24) is 9.36 Å². The van der Waals surface area contributed by atoms with Gasteiger partial charge in [-0.05, 0) is 12.3 Å². The highest BCUT2D eigenvalue weighted by Crippen LogP contribution is 2.41. The van der Waals surface area contributed by atoms with Crippen molar-refractivity contribution in [3.63, 3.8) is 0 Å². The standard InChI is InChI=1S/C11H14F3N3O2S/c1-6(2)10(8(18)19)3-4-17(5-10)9-15-7(16-20-9)11(12,13)14/h6H,3-5H2,1-2H3,(H,18,19). The minimum absolute atomic E-state index is 0.111. The molecule has 0 bridgehead atoms. The third-order valence-electron chi connectivity index (χ3n) is 3.77. The molecule has 2 rings (SSSR count). The summed E-state index contributed by atoms with van der Waals surface area (Å²) in [6.07, 6.45) is -4.18.